The second-order valence-electron chi connectivity index (χ2n) is 10.9. The molecule has 10 nitrogen and oxygen atoms in total. The molecule has 0 aliphatic carbocycles. The normalized spacial score (nSPS) is 12.2. The number of benzene rings is 3. The van der Waals surface area contributed by atoms with Crippen molar-refractivity contribution in [3.63, 3.8) is 0 Å². The zero-order valence-electron chi connectivity index (χ0n) is 25.7. The highest BCUT2D eigenvalue weighted by Crippen LogP contribution is 2.37. The van der Waals surface area contributed by atoms with Crippen LogP contribution in [0.2, 0.25) is 5.02 Å². The fourth-order valence-electron chi connectivity index (χ4n) is 4.34. The van der Waals surface area contributed by atoms with Crippen molar-refractivity contribution in [1.29, 1.82) is 0 Å². The molecule has 3 rings (SSSR count). The van der Waals surface area contributed by atoms with Gasteiger partial charge >= 0.3 is 0 Å². The first-order chi connectivity index (χ1) is 20.6. The molecule has 0 aromatic heterocycles. The van der Waals surface area contributed by atoms with Gasteiger partial charge in [-0.15, -0.1) is 0 Å². The Morgan fingerprint density at radius 1 is 0.932 bits per heavy atom. The second-order valence-corrected chi connectivity index (χ2v) is 13.2. The summed E-state index contributed by atoms with van der Waals surface area (Å²) in [7, 11) is -0.389. The van der Waals surface area contributed by atoms with E-state index >= 15 is 0 Å². The molecule has 0 aliphatic heterocycles. The van der Waals surface area contributed by atoms with Crippen LogP contribution >= 0.6 is 11.6 Å². The van der Waals surface area contributed by atoms with Crippen LogP contribution in [-0.2, 0) is 26.2 Å². The number of nitrogens with zero attached hydrogens (tertiary/aromatic N) is 2. The number of amides is 2. The van der Waals surface area contributed by atoms with Crippen molar-refractivity contribution in [2.75, 3.05) is 32.2 Å². The molecule has 44 heavy (non-hydrogen) atoms. The van der Waals surface area contributed by atoms with E-state index in [1.165, 1.54) is 82.9 Å². The summed E-state index contributed by atoms with van der Waals surface area (Å²) in [6, 6.07) is 13.0. The van der Waals surface area contributed by atoms with Crippen molar-refractivity contribution in [3.8, 4) is 17.2 Å². The molecule has 0 saturated carbocycles. The van der Waals surface area contributed by atoms with E-state index in [4.69, 9.17) is 25.8 Å². The lowest BCUT2D eigenvalue weighted by atomic mass is 10.1. The molecule has 3 aromatic carbocycles. The minimum Gasteiger partial charge on any atom is -0.495 e. The molecule has 3 aromatic rings. The molecule has 0 aliphatic rings. The zero-order valence-corrected chi connectivity index (χ0v) is 27.3. The van der Waals surface area contributed by atoms with Crippen molar-refractivity contribution in [1.82, 2.24) is 10.2 Å². The van der Waals surface area contributed by atoms with E-state index in [-0.39, 0.29) is 39.2 Å². The first-order valence-corrected chi connectivity index (χ1v) is 15.4. The summed E-state index contributed by atoms with van der Waals surface area (Å²) in [6.07, 6.45) is 0. The van der Waals surface area contributed by atoms with Gasteiger partial charge in [-0.2, -0.15) is 0 Å². The molecule has 13 heteroatoms. The van der Waals surface area contributed by atoms with Gasteiger partial charge in [0, 0.05) is 28.7 Å². The smallest absolute Gasteiger partial charge is 0.265 e. The largest absolute Gasteiger partial charge is 0.495 e. The van der Waals surface area contributed by atoms with Crippen molar-refractivity contribution in [3.05, 3.63) is 77.1 Å². The van der Waals surface area contributed by atoms with Gasteiger partial charge in [0.1, 0.15) is 24.2 Å². The number of sulfonamides is 1. The molecule has 0 spiro atoms. The maximum Gasteiger partial charge on any atom is 0.265 e. The predicted octanol–water partition coefficient (Wildman–Crippen LogP) is 5.03. The Hall–Kier alpha value is -4.03. The van der Waals surface area contributed by atoms with Gasteiger partial charge in [0.2, 0.25) is 11.8 Å². The molecule has 0 heterocycles. The topological polar surface area (TPSA) is 114 Å². The number of hydrogen-bond donors (Lipinski definition) is 1. The predicted molar refractivity (Wildman–Crippen MR) is 166 cm³/mol. The van der Waals surface area contributed by atoms with Gasteiger partial charge in [0.05, 0.1) is 31.9 Å². The minimum atomic E-state index is -4.51. The third kappa shape index (κ3) is 8.11. The summed E-state index contributed by atoms with van der Waals surface area (Å²) in [4.78, 5) is 28.3. The number of rotatable bonds is 12. The summed E-state index contributed by atoms with van der Waals surface area (Å²) in [5.41, 5.74) is -0.513. The second kappa shape index (κ2) is 14.2. The summed E-state index contributed by atoms with van der Waals surface area (Å²) >= 11 is 6.28. The molecule has 0 saturated heterocycles. The highest BCUT2D eigenvalue weighted by atomic mass is 35.5. The van der Waals surface area contributed by atoms with Gasteiger partial charge in [-0.1, -0.05) is 29.8 Å². The molecule has 0 radical (unpaired) electrons. The number of methoxy groups -OCH3 is 3. The third-order valence-corrected chi connectivity index (χ3v) is 8.59. The Labute approximate surface area is 262 Å². The number of anilines is 1. The van der Waals surface area contributed by atoms with Crippen LogP contribution in [-0.4, -0.2) is 64.6 Å². The lowest BCUT2D eigenvalue weighted by Crippen LogP contribution is -2.54. The Morgan fingerprint density at radius 2 is 1.55 bits per heavy atom. The first kappa shape index (κ1) is 34.5. The van der Waals surface area contributed by atoms with Gasteiger partial charge in [-0.25, -0.2) is 12.8 Å². The molecule has 0 fully saturated rings. The van der Waals surface area contributed by atoms with Crippen molar-refractivity contribution in [2.45, 2.75) is 50.7 Å². The SMILES string of the molecule is COc1ccc(S(=O)(=O)N(CC(=O)N(Cc2ccccc2F)C(C)C(=O)NC(C)(C)C)c2cc(Cl)ccc2OC)cc1OC. The van der Waals surface area contributed by atoms with E-state index in [0.29, 0.717) is 5.75 Å². The lowest BCUT2D eigenvalue weighted by molar-refractivity contribution is -0.140. The monoisotopic (exact) mass is 649 g/mol. The number of nitrogens with one attached hydrogen (secondary N) is 1. The number of hydrogen-bond acceptors (Lipinski definition) is 7. The van der Waals surface area contributed by atoms with E-state index in [0.717, 1.165) is 9.21 Å². The Bertz CT molecular complexity index is 1610. The summed E-state index contributed by atoms with van der Waals surface area (Å²) in [6.45, 7) is 5.75. The molecule has 0 bridgehead atoms. The van der Waals surface area contributed by atoms with Gasteiger partial charge < -0.3 is 24.4 Å². The van der Waals surface area contributed by atoms with Crippen molar-refractivity contribution >= 4 is 39.1 Å². The Kier molecular flexibility index (Phi) is 11.1. The van der Waals surface area contributed by atoms with Gasteiger partial charge in [0.15, 0.2) is 11.5 Å². The number of carbonyl (C=O) groups excluding carboxylic acids is 2. The zero-order chi connectivity index (χ0) is 32.8. The van der Waals surface area contributed by atoms with Crippen molar-refractivity contribution in [2.24, 2.45) is 0 Å². The lowest BCUT2D eigenvalue weighted by Gasteiger charge is -2.34. The molecular formula is C31H37ClFN3O7S. The minimum absolute atomic E-state index is 0.0271. The molecule has 1 N–H and O–H groups in total. The van der Waals surface area contributed by atoms with Gasteiger partial charge in [-0.3, -0.25) is 13.9 Å². The number of ether oxygens (including phenoxy) is 3. The Morgan fingerprint density at radius 3 is 2.14 bits per heavy atom. The summed E-state index contributed by atoms with van der Waals surface area (Å²) in [5, 5.41) is 3.01. The Balaban J connectivity index is 2.17. The molecule has 2 amide bonds. The number of carbonyl (C=O) groups is 2. The van der Waals surface area contributed by atoms with Crippen LogP contribution in [0.15, 0.2) is 65.6 Å². The number of halogens is 2. The maximum atomic E-state index is 14.8. The summed E-state index contributed by atoms with van der Waals surface area (Å²) < 4.78 is 60.1. The van der Waals surface area contributed by atoms with E-state index in [2.05, 4.69) is 5.32 Å². The fraction of sp³-hybridized carbons (Fsp3) is 0.355. The van der Waals surface area contributed by atoms with Crippen LogP contribution in [0.5, 0.6) is 17.2 Å². The third-order valence-electron chi connectivity index (χ3n) is 6.60. The average Bonchev–Trinajstić information content (AvgIpc) is 2.97. The van der Waals surface area contributed by atoms with E-state index < -0.39 is 45.8 Å². The highest BCUT2D eigenvalue weighted by molar-refractivity contribution is 7.92. The average molecular weight is 650 g/mol. The van der Waals surface area contributed by atoms with Crippen LogP contribution in [0.25, 0.3) is 0 Å². The molecule has 1 unspecified atom stereocenters. The molecule has 238 valence electrons. The van der Waals surface area contributed by atoms with Crippen LogP contribution in [0, 0.1) is 5.82 Å². The summed E-state index contributed by atoms with van der Waals surface area (Å²) in [5.74, 6) is -1.31. The molecule has 1 atom stereocenters. The van der Waals surface area contributed by atoms with E-state index in [9.17, 15) is 22.4 Å². The first-order valence-electron chi connectivity index (χ1n) is 13.6. The van der Waals surface area contributed by atoms with E-state index in [1.807, 2.05) is 0 Å². The highest BCUT2D eigenvalue weighted by Gasteiger charge is 2.35. The van der Waals surface area contributed by atoms with Gasteiger partial charge in [-0.05, 0) is 64.1 Å². The van der Waals surface area contributed by atoms with Crippen LogP contribution < -0.4 is 23.8 Å². The van der Waals surface area contributed by atoms with E-state index in [1.54, 1.807) is 26.8 Å². The van der Waals surface area contributed by atoms with Crippen LogP contribution in [0.1, 0.15) is 33.3 Å². The maximum absolute atomic E-state index is 14.8. The van der Waals surface area contributed by atoms with Crippen LogP contribution in [0.3, 0.4) is 0 Å². The quantitative estimate of drug-likeness (QED) is 0.293. The molecular weight excluding hydrogens is 613 g/mol. The van der Waals surface area contributed by atoms with Gasteiger partial charge in [0.25, 0.3) is 10.0 Å². The van der Waals surface area contributed by atoms with Crippen LogP contribution in [0.4, 0.5) is 10.1 Å². The standard InChI is InChI=1S/C31H37ClFN3O7S/c1-20(30(38)34-31(2,3)4)35(18-21-10-8-9-11-24(21)33)29(37)19-36(25-16-22(32)12-14-26(25)41-5)44(39,40)23-13-15-27(42-6)28(17-23)43-7/h8-17,20H,18-19H2,1-7H3,(H,34,38). The fourth-order valence-corrected chi connectivity index (χ4v) is 5.94. The van der Waals surface area contributed by atoms with Crippen molar-refractivity contribution < 1.29 is 36.6 Å².